The second-order valence-corrected chi connectivity index (χ2v) is 7.47. The first kappa shape index (κ1) is 17.5. The van der Waals surface area contributed by atoms with Gasteiger partial charge in [0.15, 0.2) is 9.84 Å². The number of nitrogens with zero attached hydrogens (tertiary/aromatic N) is 1. The van der Waals surface area contributed by atoms with Crippen molar-refractivity contribution in [2.75, 3.05) is 25.4 Å². The molecule has 0 bridgehead atoms. The summed E-state index contributed by atoms with van der Waals surface area (Å²) in [7, 11) is -3.63. The standard InChI is InChI=1S/C16H21NO5S/c1-2-22-16(19)13-8-10-17(11-9-13)15(18)12-23(20,21)14-6-4-3-5-7-14/h3-7,13H,2,8-12H2,1H3. The summed E-state index contributed by atoms with van der Waals surface area (Å²) in [6, 6.07) is 7.94. The maximum absolute atomic E-state index is 12.2. The van der Waals surface area contributed by atoms with Gasteiger partial charge in [-0.25, -0.2) is 8.42 Å². The molecule has 0 saturated carbocycles. The van der Waals surface area contributed by atoms with E-state index in [0.29, 0.717) is 32.5 Å². The molecule has 1 heterocycles. The summed E-state index contributed by atoms with van der Waals surface area (Å²) in [4.78, 5) is 25.5. The van der Waals surface area contributed by atoms with Crippen LogP contribution in [0.4, 0.5) is 0 Å². The number of benzene rings is 1. The average Bonchev–Trinajstić information content (AvgIpc) is 2.55. The highest BCUT2D eigenvalue weighted by Crippen LogP contribution is 2.20. The molecule has 2 rings (SSSR count). The molecule has 0 unspecified atom stereocenters. The van der Waals surface area contributed by atoms with Gasteiger partial charge in [-0.1, -0.05) is 18.2 Å². The Labute approximate surface area is 136 Å². The zero-order valence-corrected chi connectivity index (χ0v) is 13.9. The van der Waals surface area contributed by atoms with E-state index in [-0.39, 0.29) is 16.8 Å². The second kappa shape index (κ2) is 7.59. The first-order chi connectivity index (χ1) is 10.9. The molecule has 1 fully saturated rings. The predicted molar refractivity (Wildman–Crippen MR) is 84.4 cm³/mol. The molecule has 0 radical (unpaired) electrons. The lowest BCUT2D eigenvalue weighted by Crippen LogP contribution is -2.43. The van der Waals surface area contributed by atoms with E-state index in [9.17, 15) is 18.0 Å². The molecule has 0 aromatic heterocycles. The molecular formula is C16H21NO5S. The van der Waals surface area contributed by atoms with Gasteiger partial charge in [0.1, 0.15) is 5.75 Å². The Balaban J connectivity index is 1.92. The molecule has 1 aliphatic rings. The fourth-order valence-corrected chi connectivity index (χ4v) is 3.84. The number of esters is 1. The highest BCUT2D eigenvalue weighted by atomic mass is 32.2. The topological polar surface area (TPSA) is 80.8 Å². The average molecular weight is 339 g/mol. The number of hydrogen-bond acceptors (Lipinski definition) is 5. The minimum absolute atomic E-state index is 0.148. The summed E-state index contributed by atoms with van der Waals surface area (Å²) >= 11 is 0. The Hall–Kier alpha value is -1.89. The highest BCUT2D eigenvalue weighted by molar-refractivity contribution is 7.92. The molecule has 1 aliphatic heterocycles. The van der Waals surface area contributed by atoms with E-state index < -0.39 is 21.5 Å². The van der Waals surface area contributed by atoms with E-state index in [1.807, 2.05) is 0 Å². The molecule has 0 N–H and O–H groups in total. The van der Waals surface area contributed by atoms with Crippen molar-refractivity contribution in [1.82, 2.24) is 4.90 Å². The summed E-state index contributed by atoms with van der Waals surface area (Å²) in [5.41, 5.74) is 0. The minimum atomic E-state index is -3.63. The van der Waals surface area contributed by atoms with Crippen molar-refractivity contribution in [3.05, 3.63) is 30.3 Å². The molecule has 1 amide bonds. The molecule has 1 saturated heterocycles. The molecular weight excluding hydrogens is 318 g/mol. The van der Waals surface area contributed by atoms with Gasteiger partial charge in [0.2, 0.25) is 5.91 Å². The quantitative estimate of drug-likeness (QED) is 0.755. The molecule has 126 valence electrons. The van der Waals surface area contributed by atoms with Crippen LogP contribution in [0.25, 0.3) is 0 Å². The van der Waals surface area contributed by atoms with E-state index in [1.54, 1.807) is 25.1 Å². The van der Waals surface area contributed by atoms with Crippen LogP contribution < -0.4 is 0 Å². The number of amides is 1. The summed E-state index contributed by atoms with van der Waals surface area (Å²) in [5.74, 6) is -1.40. The van der Waals surface area contributed by atoms with E-state index in [1.165, 1.54) is 17.0 Å². The molecule has 0 aliphatic carbocycles. The van der Waals surface area contributed by atoms with Crippen molar-refractivity contribution in [2.24, 2.45) is 5.92 Å². The van der Waals surface area contributed by atoms with Crippen LogP contribution in [0.2, 0.25) is 0 Å². The van der Waals surface area contributed by atoms with Crippen LogP contribution >= 0.6 is 0 Å². The van der Waals surface area contributed by atoms with Crippen molar-refractivity contribution in [1.29, 1.82) is 0 Å². The van der Waals surface area contributed by atoms with Gasteiger partial charge in [-0.2, -0.15) is 0 Å². The zero-order valence-electron chi connectivity index (χ0n) is 13.1. The Morgan fingerprint density at radius 3 is 2.35 bits per heavy atom. The largest absolute Gasteiger partial charge is 0.466 e. The van der Waals surface area contributed by atoms with Gasteiger partial charge in [0.05, 0.1) is 17.4 Å². The molecule has 1 aromatic rings. The van der Waals surface area contributed by atoms with E-state index in [0.717, 1.165) is 0 Å². The lowest BCUT2D eigenvalue weighted by molar-refractivity contribution is -0.151. The molecule has 1 aromatic carbocycles. The third-order valence-electron chi connectivity index (χ3n) is 3.88. The lowest BCUT2D eigenvalue weighted by Gasteiger charge is -2.30. The van der Waals surface area contributed by atoms with Gasteiger partial charge in [-0.3, -0.25) is 9.59 Å². The number of rotatable bonds is 5. The SMILES string of the molecule is CCOC(=O)C1CCN(C(=O)CS(=O)(=O)c2ccccc2)CC1. The maximum atomic E-state index is 12.2. The number of sulfone groups is 1. The number of likely N-dealkylation sites (tertiary alicyclic amines) is 1. The van der Waals surface area contributed by atoms with Crippen molar-refractivity contribution in [3.63, 3.8) is 0 Å². The first-order valence-corrected chi connectivity index (χ1v) is 9.31. The molecule has 23 heavy (non-hydrogen) atoms. The van der Waals surface area contributed by atoms with E-state index in [4.69, 9.17) is 4.74 Å². The van der Waals surface area contributed by atoms with Crippen molar-refractivity contribution in [3.8, 4) is 0 Å². The fourth-order valence-electron chi connectivity index (χ4n) is 2.59. The van der Waals surface area contributed by atoms with Crippen LogP contribution in [0.5, 0.6) is 0 Å². The number of carbonyl (C=O) groups is 2. The van der Waals surface area contributed by atoms with Crippen LogP contribution in [0.15, 0.2) is 35.2 Å². The number of carbonyl (C=O) groups excluding carboxylic acids is 2. The minimum Gasteiger partial charge on any atom is -0.466 e. The molecule has 7 heteroatoms. The zero-order chi connectivity index (χ0) is 16.9. The van der Waals surface area contributed by atoms with Crippen LogP contribution in [0.3, 0.4) is 0 Å². The molecule has 0 spiro atoms. The van der Waals surface area contributed by atoms with Crippen LogP contribution in [-0.2, 0) is 24.2 Å². The second-order valence-electron chi connectivity index (χ2n) is 5.48. The Morgan fingerprint density at radius 2 is 1.78 bits per heavy atom. The van der Waals surface area contributed by atoms with Gasteiger partial charge < -0.3 is 9.64 Å². The van der Waals surface area contributed by atoms with Crippen molar-refractivity contribution < 1.29 is 22.7 Å². The van der Waals surface area contributed by atoms with Gasteiger partial charge in [-0.15, -0.1) is 0 Å². The van der Waals surface area contributed by atoms with Gasteiger partial charge in [0.25, 0.3) is 0 Å². The Kier molecular flexibility index (Phi) is 5.76. The Morgan fingerprint density at radius 1 is 1.17 bits per heavy atom. The monoisotopic (exact) mass is 339 g/mol. The summed E-state index contributed by atoms with van der Waals surface area (Å²) < 4.78 is 29.4. The van der Waals surface area contributed by atoms with Crippen LogP contribution in [0, 0.1) is 5.92 Å². The van der Waals surface area contributed by atoms with Crippen LogP contribution in [0.1, 0.15) is 19.8 Å². The Bertz CT molecular complexity index is 648. The number of ether oxygens (including phenoxy) is 1. The molecule has 6 nitrogen and oxygen atoms in total. The van der Waals surface area contributed by atoms with Gasteiger partial charge >= 0.3 is 5.97 Å². The normalized spacial score (nSPS) is 16.1. The summed E-state index contributed by atoms with van der Waals surface area (Å²) in [5, 5.41) is 0. The van der Waals surface area contributed by atoms with E-state index >= 15 is 0 Å². The molecule has 0 atom stereocenters. The third kappa shape index (κ3) is 4.54. The smallest absolute Gasteiger partial charge is 0.309 e. The number of piperidine rings is 1. The predicted octanol–water partition coefficient (Wildman–Crippen LogP) is 1.26. The summed E-state index contributed by atoms with van der Waals surface area (Å²) in [6.45, 7) is 2.86. The lowest BCUT2D eigenvalue weighted by atomic mass is 9.97. The highest BCUT2D eigenvalue weighted by Gasteiger charge is 2.30. The number of hydrogen-bond donors (Lipinski definition) is 0. The van der Waals surface area contributed by atoms with Gasteiger partial charge in [-0.05, 0) is 31.9 Å². The van der Waals surface area contributed by atoms with Crippen molar-refractivity contribution >= 4 is 21.7 Å². The fraction of sp³-hybridized carbons (Fsp3) is 0.500. The maximum Gasteiger partial charge on any atom is 0.309 e. The van der Waals surface area contributed by atoms with Gasteiger partial charge in [0, 0.05) is 13.1 Å². The van der Waals surface area contributed by atoms with E-state index in [2.05, 4.69) is 0 Å². The third-order valence-corrected chi connectivity index (χ3v) is 5.50. The summed E-state index contributed by atoms with van der Waals surface area (Å²) in [6.07, 6.45) is 1.02. The van der Waals surface area contributed by atoms with Crippen LogP contribution in [-0.4, -0.2) is 50.6 Å². The first-order valence-electron chi connectivity index (χ1n) is 7.66. The van der Waals surface area contributed by atoms with Crippen molar-refractivity contribution in [2.45, 2.75) is 24.7 Å².